The number of hydrogen-bond donors (Lipinski definition) is 3. The highest BCUT2D eigenvalue weighted by atomic mass is 19.1. The van der Waals surface area contributed by atoms with Gasteiger partial charge in [0.15, 0.2) is 5.84 Å². The predicted octanol–water partition coefficient (Wildman–Crippen LogP) is 2.83. The second-order valence-corrected chi connectivity index (χ2v) is 6.29. The van der Waals surface area contributed by atoms with Crippen molar-refractivity contribution in [3.63, 3.8) is 0 Å². The summed E-state index contributed by atoms with van der Waals surface area (Å²) in [6.07, 6.45) is 3.57. The number of nitrogens with two attached hydrogens (primary N) is 1. The Balaban J connectivity index is 1.97. The number of oxime groups is 1. The molecule has 0 amide bonds. The zero-order valence-electron chi connectivity index (χ0n) is 12.6. The fraction of sp³-hybridized carbons (Fsp3) is 0.562. The molecule has 0 aliphatic heterocycles. The van der Waals surface area contributed by atoms with Gasteiger partial charge in [-0.25, -0.2) is 4.39 Å². The van der Waals surface area contributed by atoms with Crippen molar-refractivity contribution in [2.45, 2.75) is 45.7 Å². The standard InChI is InChI=1S/C16H24FN3O/c1-10-5-11(2)7-14(6-10)19-9-13-4-3-12(8-15(13)17)16(18)20-21/h3-4,8,10-11,14,19,21H,5-7,9H2,1-2H3,(H2,18,20). The number of nitrogens with one attached hydrogen (secondary N) is 1. The second-order valence-electron chi connectivity index (χ2n) is 6.29. The van der Waals surface area contributed by atoms with Crippen LogP contribution in [0.4, 0.5) is 4.39 Å². The van der Waals surface area contributed by atoms with E-state index in [0.717, 1.165) is 24.7 Å². The minimum Gasteiger partial charge on any atom is -0.409 e. The van der Waals surface area contributed by atoms with Crippen LogP contribution in [0, 0.1) is 17.7 Å². The lowest BCUT2D eigenvalue weighted by atomic mass is 9.80. The highest BCUT2D eigenvalue weighted by Gasteiger charge is 2.23. The summed E-state index contributed by atoms with van der Waals surface area (Å²) in [7, 11) is 0. The molecule has 21 heavy (non-hydrogen) atoms. The van der Waals surface area contributed by atoms with Crippen LogP contribution in [0.1, 0.15) is 44.2 Å². The highest BCUT2D eigenvalue weighted by Crippen LogP contribution is 2.28. The lowest BCUT2D eigenvalue weighted by molar-refractivity contribution is 0.237. The van der Waals surface area contributed by atoms with Gasteiger partial charge in [-0.05, 0) is 37.2 Å². The van der Waals surface area contributed by atoms with Crippen molar-refractivity contribution >= 4 is 5.84 Å². The largest absolute Gasteiger partial charge is 0.409 e. The zero-order chi connectivity index (χ0) is 15.4. The normalized spacial score (nSPS) is 26.8. The molecule has 0 aromatic heterocycles. The highest BCUT2D eigenvalue weighted by molar-refractivity contribution is 5.97. The molecule has 2 rings (SSSR count). The average Bonchev–Trinajstić information content (AvgIpc) is 2.44. The lowest BCUT2D eigenvalue weighted by Crippen LogP contribution is -2.36. The molecule has 0 radical (unpaired) electrons. The van der Waals surface area contributed by atoms with Crippen LogP contribution in [0.25, 0.3) is 0 Å². The molecule has 1 aromatic carbocycles. The van der Waals surface area contributed by atoms with E-state index < -0.39 is 0 Å². The van der Waals surface area contributed by atoms with E-state index in [1.165, 1.54) is 12.5 Å². The quantitative estimate of drug-likeness (QED) is 0.346. The Morgan fingerprint density at radius 1 is 1.33 bits per heavy atom. The first kappa shape index (κ1) is 15.8. The molecule has 2 unspecified atom stereocenters. The summed E-state index contributed by atoms with van der Waals surface area (Å²) in [6, 6.07) is 5.11. The summed E-state index contributed by atoms with van der Waals surface area (Å²) in [4.78, 5) is 0. The maximum Gasteiger partial charge on any atom is 0.170 e. The van der Waals surface area contributed by atoms with E-state index in [4.69, 9.17) is 10.9 Å². The van der Waals surface area contributed by atoms with Crippen LogP contribution in [0.15, 0.2) is 23.4 Å². The number of hydrogen-bond acceptors (Lipinski definition) is 3. The Morgan fingerprint density at radius 3 is 2.57 bits per heavy atom. The van der Waals surface area contributed by atoms with Gasteiger partial charge in [-0.15, -0.1) is 0 Å². The summed E-state index contributed by atoms with van der Waals surface area (Å²) < 4.78 is 14.0. The van der Waals surface area contributed by atoms with Crippen molar-refractivity contribution in [1.82, 2.24) is 5.32 Å². The van der Waals surface area contributed by atoms with Gasteiger partial charge in [0.2, 0.25) is 0 Å². The van der Waals surface area contributed by atoms with Crippen molar-refractivity contribution in [2.75, 3.05) is 0 Å². The van der Waals surface area contributed by atoms with Gasteiger partial charge < -0.3 is 16.3 Å². The van der Waals surface area contributed by atoms with Gasteiger partial charge in [0.25, 0.3) is 0 Å². The van der Waals surface area contributed by atoms with Gasteiger partial charge in [-0.1, -0.05) is 31.1 Å². The van der Waals surface area contributed by atoms with Crippen LogP contribution in [0.5, 0.6) is 0 Å². The van der Waals surface area contributed by atoms with E-state index in [-0.39, 0.29) is 11.7 Å². The first-order valence-corrected chi connectivity index (χ1v) is 7.49. The fourth-order valence-electron chi connectivity index (χ4n) is 3.28. The van der Waals surface area contributed by atoms with Crippen LogP contribution in [0.3, 0.4) is 0 Å². The van der Waals surface area contributed by atoms with Crippen molar-refractivity contribution < 1.29 is 9.60 Å². The number of rotatable bonds is 4. The monoisotopic (exact) mass is 293 g/mol. The summed E-state index contributed by atoms with van der Waals surface area (Å²) >= 11 is 0. The van der Waals surface area contributed by atoms with Crippen LogP contribution in [-0.4, -0.2) is 17.1 Å². The molecule has 4 nitrogen and oxygen atoms in total. The predicted molar refractivity (Wildman–Crippen MR) is 81.7 cm³/mol. The summed E-state index contributed by atoms with van der Waals surface area (Å²) in [5.41, 5.74) is 6.45. The fourth-order valence-corrected chi connectivity index (χ4v) is 3.28. The van der Waals surface area contributed by atoms with Gasteiger partial charge in [-0.2, -0.15) is 0 Å². The Kier molecular flexibility index (Phi) is 5.17. The minimum atomic E-state index is -0.330. The second kappa shape index (κ2) is 6.89. The molecule has 1 aromatic rings. The van der Waals surface area contributed by atoms with Crippen LogP contribution in [-0.2, 0) is 6.54 Å². The molecule has 1 aliphatic carbocycles. The van der Waals surface area contributed by atoms with Crippen molar-refractivity contribution in [1.29, 1.82) is 0 Å². The van der Waals surface area contributed by atoms with Gasteiger partial charge >= 0.3 is 0 Å². The molecule has 1 aliphatic rings. The van der Waals surface area contributed by atoms with Crippen molar-refractivity contribution in [2.24, 2.45) is 22.7 Å². The molecule has 0 spiro atoms. The minimum absolute atomic E-state index is 0.0802. The summed E-state index contributed by atoms with van der Waals surface area (Å²) in [6.45, 7) is 5.06. The van der Waals surface area contributed by atoms with Gasteiger partial charge in [-0.3, -0.25) is 0 Å². The molecule has 0 saturated heterocycles. The average molecular weight is 293 g/mol. The van der Waals surface area contributed by atoms with Crippen LogP contribution >= 0.6 is 0 Å². The number of halogens is 1. The van der Waals surface area contributed by atoms with Crippen LogP contribution in [0.2, 0.25) is 0 Å². The van der Waals surface area contributed by atoms with E-state index in [0.29, 0.717) is 23.7 Å². The Morgan fingerprint density at radius 2 is 2.00 bits per heavy atom. The third kappa shape index (κ3) is 4.17. The topological polar surface area (TPSA) is 70.6 Å². The van der Waals surface area contributed by atoms with Gasteiger partial charge in [0, 0.05) is 23.7 Å². The lowest BCUT2D eigenvalue weighted by Gasteiger charge is -2.32. The number of amidine groups is 1. The Hall–Kier alpha value is -1.62. The number of benzene rings is 1. The maximum absolute atomic E-state index is 14.0. The molecule has 5 heteroatoms. The summed E-state index contributed by atoms with van der Waals surface area (Å²) in [5.74, 6) is 1.03. The molecule has 0 heterocycles. The molecule has 1 saturated carbocycles. The van der Waals surface area contributed by atoms with Crippen molar-refractivity contribution in [3.8, 4) is 0 Å². The Bertz CT molecular complexity index is 508. The number of nitrogens with zero attached hydrogens (tertiary/aromatic N) is 1. The van der Waals surface area contributed by atoms with Crippen molar-refractivity contribution in [3.05, 3.63) is 35.1 Å². The molecule has 4 N–H and O–H groups in total. The first-order valence-electron chi connectivity index (χ1n) is 7.49. The molecule has 1 fully saturated rings. The molecular formula is C16H24FN3O. The van der Waals surface area contributed by atoms with Crippen LogP contribution < -0.4 is 11.1 Å². The van der Waals surface area contributed by atoms with E-state index in [2.05, 4.69) is 24.3 Å². The molecule has 2 atom stereocenters. The Labute approximate surface area is 125 Å². The third-order valence-corrected chi connectivity index (χ3v) is 4.22. The maximum atomic E-state index is 14.0. The van der Waals surface area contributed by atoms with E-state index in [1.807, 2.05) is 0 Å². The molecule has 0 bridgehead atoms. The van der Waals surface area contributed by atoms with E-state index >= 15 is 0 Å². The molecular weight excluding hydrogens is 269 g/mol. The smallest absolute Gasteiger partial charge is 0.170 e. The van der Waals surface area contributed by atoms with Gasteiger partial charge in [0.1, 0.15) is 5.82 Å². The van der Waals surface area contributed by atoms with Gasteiger partial charge in [0.05, 0.1) is 0 Å². The summed E-state index contributed by atoms with van der Waals surface area (Å²) in [5, 5.41) is 14.9. The SMILES string of the molecule is CC1CC(C)CC(NCc2ccc(C(N)=NO)cc2F)C1. The third-order valence-electron chi connectivity index (χ3n) is 4.22. The van der Waals surface area contributed by atoms with E-state index in [1.54, 1.807) is 12.1 Å². The molecule has 116 valence electrons. The zero-order valence-corrected chi connectivity index (χ0v) is 12.6. The first-order chi connectivity index (χ1) is 9.99. The van der Waals surface area contributed by atoms with E-state index in [9.17, 15) is 4.39 Å².